The van der Waals surface area contributed by atoms with Crippen molar-refractivity contribution in [3.8, 4) is 11.5 Å². The Kier molecular flexibility index (Phi) is 12.4. The molecule has 2 heterocycles. The van der Waals surface area contributed by atoms with E-state index in [-0.39, 0.29) is 61.6 Å². The molecule has 0 unspecified atom stereocenters. The Balaban J connectivity index is 1.44. The summed E-state index contributed by atoms with van der Waals surface area (Å²) in [7, 11) is 1.56. The molecule has 2 saturated carbocycles. The van der Waals surface area contributed by atoms with Crippen LogP contribution in [0.15, 0.2) is 48.5 Å². The summed E-state index contributed by atoms with van der Waals surface area (Å²) in [6.45, 7) is 6.24. The molecule has 2 aromatic carbocycles. The third-order valence-electron chi connectivity index (χ3n) is 9.30. The average Bonchev–Trinajstić information content (AvgIpc) is 4.02. The van der Waals surface area contributed by atoms with E-state index in [1.165, 1.54) is 4.90 Å². The van der Waals surface area contributed by atoms with Crippen molar-refractivity contribution in [2.75, 3.05) is 26.8 Å². The van der Waals surface area contributed by atoms with Crippen LogP contribution in [0.3, 0.4) is 0 Å². The molecule has 4 N–H and O–H groups in total. The zero-order valence-electron chi connectivity index (χ0n) is 29.5. The molecule has 0 radical (unpaired) electrons. The molecule has 0 aromatic heterocycles. The van der Waals surface area contributed by atoms with Gasteiger partial charge in [-0.25, -0.2) is 0 Å². The minimum absolute atomic E-state index is 0.122. The Bertz CT molecular complexity index is 1500. The first-order valence-electron chi connectivity index (χ1n) is 17.8. The van der Waals surface area contributed by atoms with Crippen molar-refractivity contribution in [1.29, 1.82) is 0 Å². The quantitative estimate of drug-likeness (QED) is 0.295. The number of ether oxygens (including phenoxy) is 2. The van der Waals surface area contributed by atoms with E-state index in [4.69, 9.17) is 9.47 Å². The number of carbonyl (C=O) groups is 5. The normalized spacial score (nSPS) is 24.1. The molecule has 270 valence electrons. The lowest BCUT2D eigenvalue weighted by atomic mass is 10.0. The van der Waals surface area contributed by atoms with Gasteiger partial charge in [-0.05, 0) is 86.3 Å². The number of carbonyl (C=O) groups excluding carboxylic acids is 5. The molecule has 4 aliphatic rings. The molecule has 2 aliphatic carbocycles. The molecule has 2 bridgehead atoms. The highest BCUT2D eigenvalue weighted by atomic mass is 16.5. The maximum absolute atomic E-state index is 13.9. The number of methoxy groups -OCH3 is 1. The minimum atomic E-state index is -1.06. The second kappa shape index (κ2) is 16.9. The molecule has 2 aromatic rings. The number of fused-ring (bicyclic) bond motifs is 17. The SMILES string of the molecule is COc1ccc(C[C@@H]2NC(=O)[C@@H](NC(=O)C3CC3)Cc3ccc(cc3)OC[C@H](CC(C)C)NC(=O)CN(CC3CC3)C(=O)[C@@H](C)NC2=O)cc1. The highest BCUT2D eigenvalue weighted by Gasteiger charge is 2.35. The molecule has 0 saturated heterocycles. The van der Waals surface area contributed by atoms with E-state index in [1.807, 2.05) is 24.3 Å². The number of benzene rings is 2. The molecule has 2 aliphatic heterocycles. The predicted molar refractivity (Wildman–Crippen MR) is 187 cm³/mol. The van der Waals surface area contributed by atoms with Crippen molar-refractivity contribution in [3.63, 3.8) is 0 Å². The first-order chi connectivity index (χ1) is 24.0. The molecule has 6 rings (SSSR count). The minimum Gasteiger partial charge on any atom is -0.497 e. The summed E-state index contributed by atoms with van der Waals surface area (Å²) < 4.78 is 11.4. The van der Waals surface area contributed by atoms with Gasteiger partial charge >= 0.3 is 0 Å². The van der Waals surface area contributed by atoms with Crippen LogP contribution in [0.4, 0.5) is 0 Å². The van der Waals surface area contributed by atoms with E-state index in [0.29, 0.717) is 30.4 Å². The predicted octanol–water partition coefficient (Wildman–Crippen LogP) is 2.53. The van der Waals surface area contributed by atoms with Crippen LogP contribution in [-0.4, -0.2) is 85.4 Å². The molecule has 4 atom stereocenters. The van der Waals surface area contributed by atoms with Gasteiger partial charge < -0.3 is 35.6 Å². The fourth-order valence-electron chi connectivity index (χ4n) is 6.16. The van der Waals surface area contributed by atoms with Gasteiger partial charge in [0.1, 0.15) is 36.2 Å². The van der Waals surface area contributed by atoms with E-state index in [0.717, 1.165) is 36.8 Å². The van der Waals surface area contributed by atoms with Crippen LogP contribution in [0.5, 0.6) is 11.5 Å². The Morgan fingerprint density at radius 3 is 2.26 bits per heavy atom. The summed E-state index contributed by atoms with van der Waals surface area (Å²) >= 11 is 0. The first kappa shape index (κ1) is 36.7. The lowest BCUT2D eigenvalue weighted by molar-refractivity contribution is -0.140. The zero-order valence-corrected chi connectivity index (χ0v) is 29.5. The Morgan fingerprint density at radius 2 is 1.64 bits per heavy atom. The van der Waals surface area contributed by atoms with Crippen LogP contribution in [0.2, 0.25) is 0 Å². The monoisotopic (exact) mass is 689 g/mol. The Hall–Kier alpha value is -4.61. The Labute approximate surface area is 294 Å². The molecule has 0 spiro atoms. The molecule has 50 heavy (non-hydrogen) atoms. The van der Waals surface area contributed by atoms with E-state index < -0.39 is 29.9 Å². The van der Waals surface area contributed by atoms with Gasteiger partial charge in [0.05, 0.1) is 19.7 Å². The molecule has 12 heteroatoms. The second-order valence-electron chi connectivity index (χ2n) is 14.4. The lowest BCUT2D eigenvalue weighted by Crippen LogP contribution is -2.58. The van der Waals surface area contributed by atoms with Crippen molar-refractivity contribution in [2.24, 2.45) is 17.8 Å². The molecule has 5 amide bonds. The van der Waals surface area contributed by atoms with Gasteiger partial charge in [0.2, 0.25) is 29.5 Å². The van der Waals surface area contributed by atoms with Crippen LogP contribution in [0, 0.1) is 17.8 Å². The van der Waals surface area contributed by atoms with Crippen LogP contribution in [-0.2, 0) is 36.8 Å². The lowest BCUT2D eigenvalue weighted by Gasteiger charge is -2.29. The summed E-state index contributed by atoms with van der Waals surface area (Å²) in [6.07, 6.45) is 4.50. The van der Waals surface area contributed by atoms with Crippen LogP contribution >= 0.6 is 0 Å². The van der Waals surface area contributed by atoms with Crippen molar-refractivity contribution < 1.29 is 33.4 Å². The van der Waals surface area contributed by atoms with E-state index >= 15 is 0 Å². The van der Waals surface area contributed by atoms with E-state index in [2.05, 4.69) is 35.1 Å². The number of hydrogen-bond acceptors (Lipinski definition) is 7. The number of nitrogens with one attached hydrogen (secondary N) is 4. The zero-order chi connectivity index (χ0) is 35.8. The van der Waals surface area contributed by atoms with Crippen molar-refractivity contribution in [3.05, 3.63) is 59.7 Å². The second-order valence-corrected chi connectivity index (χ2v) is 14.4. The molecular formula is C38H51N5O7. The smallest absolute Gasteiger partial charge is 0.245 e. The van der Waals surface area contributed by atoms with Gasteiger partial charge in [-0.15, -0.1) is 0 Å². The maximum atomic E-state index is 13.9. The summed E-state index contributed by atoms with van der Waals surface area (Å²) in [6, 6.07) is 11.2. The summed E-state index contributed by atoms with van der Waals surface area (Å²) in [4.78, 5) is 69.4. The summed E-state index contributed by atoms with van der Waals surface area (Å²) in [5, 5.41) is 11.7. The van der Waals surface area contributed by atoms with Crippen LogP contribution in [0.25, 0.3) is 0 Å². The highest BCUT2D eigenvalue weighted by molar-refractivity contribution is 5.95. The summed E-state index contributed by atoms with van der Waals surface area (Å²) in [5.74, 6) is -0.200. The van der Waals surface area contributed by atoms with Gasteiger partial charge in [0.25, 0.3) is 0 Å². The standard InChI is InChI=1S/C38H51N5O7/c1-23(2)17-29-22-50-31-15-9-26(10-16-31)19-33(41-35(45)28-11-12-28)37(47)42-32(18-25-7-13-30(49-4)14-8-25)36(46)39-24(3)38(48)43(20-27-5-6-27)21-34(44)40-29/h7-10,13-16,23-24,27-29,32-33H,5-6,11-12,17-22H2,1-4H3,(H,39,46)(H,40,44)(H,41,45)(H,42,47)/t24-,29+,32+,33+/m1/s1. The van der Waals surface area contributed by atoms with E-state index in [9.17, 15) is 24.0 Å². The van der Waals surface area contributed by atoms with Crippen LogP contribution in [0.1, 0.15) is 64.0 Å². The van der Waals surface area contributed by atoms with Gasteiger partial charge in [-0.2, -0.15) is 0 Å². The third kappa shape index (κ3) is 10.9. The number of rotatable bonds is 9. The van der Waals surface area contributed by atoms with Crippen molar-refractivity contribution in [1.82, 2.24) is 26.2 Å². The fourth-order valence-corrected chi connectivity index (χ4v) is 6.16. The summed E-state index contributed by atoms with van der Waals surface area (Å²) in [5.41, 5.74) is 1.55. The van der Waals surface area contributed by atoms with Gasteiger partial charge in [-0.3, -0.25) is 24.0 Å². The third-order valence-corrected chi connectivity index (χ3v) is 9.30. The van der Waals surface area contributed by atoms with E-state index in [1.54, 1.807) is 38.3 Å². The van der Waals surface area contributed by atoms with Crippen molar-refractivity contribution >= 4 is 29.5 Å². The van der Waals surface area contributed by atoms with Crippen molar-refractivity contribution in [2.45, 2.75) is 89.9 Å². The highest BCUT2D eigenvalue weighted by Crippen LogP contribution is 2.30. The van der Waals surface area contributed by atoms with Crippen LogP contribution < -0.4 is 30.7 Å². The number of nitrogens with zero attached hydrogens (tertiary/aromatic N) is 1. The first-order valence-corrected chi connectivity index (χ1v) is 17.8. The molecule has 12 nitrogen and oxygen atoms in total. The largest absolute Gasteiger partial charge is 0.497 e. The number of amides is 5. The van der Waals surface area contributed by atoms with Gasteiger partial charge in [0, 0.05) is 25.3 Å². The van der Waals surface area contributed by atoms with Gasteiger partial charge in [-0.1, -0.05) is 38.1 Å². The average molecular weight is 690 g/mol. The topological polar surface area (TPSA) is 155 Å². The number of hydrogen-bond donors (Lipinski definition) is 4. The maximum Gasteiger partial charge on any atom is 0.245 e. The fraction of sp³-hybridized carbons (Fsp3) is 0.553. The Morgan fingerprint density at radius 1 is 0.940 bits per heavy atom. The van der Waals surface area contributed by atoms with Gasteiger partial charge in [0.15, 0.2) is 0 Å². The molecule has 2 fully saturated rings. The molecular weight excluding hydrogens is 638 g/mol.